The topological polar surface area (TPSA) is 52.6 Å². The molecule has 0 bridgehead atoms. The molecular formula is C9H9ClN2O2. The number of nitrogens with zero attached hydrogens (tertiary/aromatic N) is 1. The Morgan fingerprint density at radius 2 is 2.36 bits per heavy atom. The summed E-state index contributed by atoms with van der Waals surface area (Å²) < 4.78 is 0. The zero-order valence-electron chi connectivity index (χ0n) is 7.27. The van der Waals surface area contributed by atoms with E-state index in [9.17, 15) is 10.0 Å². The molecule has 0 aromatic heterocycles. The van der Waals surface area contributed by atoms with Crippen LogP contribution in [0.25, 0.3) is 0 Å². The van der Waals surface area contributed by atoms with Crippen LogP contribution in [0.4, 0.5) is 0 Å². The monoisotopic (exact) mass is 212 g/mol. The first-order valence-electron chi connectivity index (χ1n) is 4.18. The fourth-order valence-corrected chi connectivity index (χ4v) is 1.63. The normalized spacial score (nSPS) is 21.7. The van der Waals surface area contributed by atoms with Crippen molar-refractivity contribution in [3.05, 3.63) is 34.9 Å². The molecule has 1 fully saturated rings. The molecule has 1 aliphatic heterocycles. The summed E-state index contributed by atoms with van der Waals surface area (Å²) in [6.45, 7) is 0.147. The summed E-state index contributed by atoms with van der Waals surface area (Å²) in [7, 11) is 0. The van der Waals surface area contributed by atoms with E-state index >= 15 is 0 Å². The van der Waals surface area contributed by atoms with Gasteiger partial charge in [0.1, 0.15) is 6.17 Å². The minimum Gasteiger partial charge on any atom is -0.284 e. The second-order valence-corrected chi connectivity index (χ2v) is 3.51. The predicted molar refractivity (Wildman–Crippen MR) is 50.8 cm³/mol. The van der Waals surface area contributed by atoms with Gasteiger partial charge in [0, 0.05) is 5.02 Å². The third-order valence-electron chi connectivity index (χ3n) is 2.11. The highest BCUT2D eigenvalue weighted by molar-refractivity contribution is 6.30. The van der Waals surface area contributed by atoms with E-state index < -0.39 is 6.17 Å². The van der Waals surface area contributed by atoms with Crippen molar-refractivity contribution in [2.75, 3.05) is 6.54 Å². The van der Waals surface area contributed by atoms with E-state index in [1.54, 1.807) is 24.3 Å². The molecule has 1 aromatic carbocycles. The number of nitrogens with one attached hydrogen (secondary N) is 1. The summed E-state index contributed by atoms with van der Waals surface area (Å²) in [6, 6.07) is 7.02. The maximum absolute atomic E-state index is 11.0. The molecule has 1 aromatic rings. The first-order valence-corrected chi connectivity index (χ1v) is 4.56. The maximum atomic E-state index is 11.0. The van der Waals surface area contributed by atoms with Gasteiger partial charge >= 0.3 is 0 Å². The minimum atomic E-state index is -0.485. The van der Waals surface area contributed by atoms with Gasteiger partial charge in [0.15, 0.2) is 0 Å². The van der Waals surface area contributed by atoms with Crippen molar-refractivity contribution < 1.29 is 10.0 Å². The number of halogens is 1. The van der Waals surface area contributed by atoms with Crippen LogP contribution in [0.15, 0.2) is 24.3 Å². The molecule has 0 aliphatic carbocycles. The van der Waals surface area contributed by atoms with Crippen LogP contribution in [0.3, 0.4) is 0 Å². The van der Waals surface area contributed by atoms with Gasteiger partial charge in [0.05, 0.1) is 6.54 Å². The number of benzene rings is 1. The van der Waals surface area contributed by atoms with Crippen LogP contribution in [0.2, 0.25) is 5.02 Å². The number of hydroxylamine groups is 2. The Labute approximate surface area is 86.0 Å². The SMILES string of the molecule is O=C1CNC(c2cccc(Cl)c2)N1O. The third-order valence-corrected chi connectivity index (χ3v) is 2.35. The average Bonchev–Trinajstić information content (AvgIpc) is 2.48. The van der Waals surface area contributed by atoms with Crippen LogP contribution < -0.4 is 5.32 Å². The fourth-order valence-electron chi connectivity index (χ4n) is 1.43. The quantitative estimate of drug-likeness (QED) is 0.687. The lowest BCUT2D eigenvalue weighted by molar-refractivity contribution is -0.165. The van der Waals surface area contributed by atoms with Crippen LogP contribution in [0, 0.1) is 0 Å². The van der Waals surface area contributed by atoms with Crippen LogP contribution in [-0.2, 0) is 4.79 Å². The highest BCUT2D eigenvalue weighted by Crippen LogP contribution is 2.22. The lowest BCUT2D eigenvalue weighted by Gasteiger charge is -2.17. The van der Waals surface area contributed by atoms with Crippen molar-refractivity contribution in [1.82, 2.24) is 10.4 Å². The molecule has 0 radical (unpaired) electrons. The highest BCUT2D eigenvalue weighted by atomic mass is 35.5. The maximum Gasteiger partial charge on any atom is 0.261 e. The number of hydrogen-bond donors (Lipinski definition) is 2. The largest absolute Gasteiger partial charge is 0.284 e. The van der Waals surface area contributed by atoms with E-state index in [0.29, 0.717) is 10.1 Å². The van der Waals surface area contributed by atoms with Crippen molar-refractivity contribution in [1.29, 1.82) is 0 Å². The van der Waals surface area contributed by atoms with Gasteiger partial charge < -0.3 is 0 Å². The van der Waals surface area contributed by atoms with Gasteiger partial charge in [-0.25, -0.2) is 5.06 Å². The zero-order valence-corrected chi connectivity index (χ0v) is 8.03. The van der Waals surface area contributed by atoms with E-state index in [4.69, 9.17) is 11.6 Å². The number of carbonyl (C=O) groups excluding carboxylic acids is 1. The molecule has 74 valence electrons. The lowest BCUT2D eigenvalue weighted by atomic mass is 10.2. The van der Waals surface area contributed by atoms with Crippen LogP contribution in [-0.4, -0.2) is 22.7 Å². The number of amides is 1. The van der Waals surface area contributed by atoms with E-state index in [1.165, 1.54) is 0 Å². The Morgan fingerprint density at radius 3 is 2.93 bits per heavy atom. The van der Waals surface area contributed by atoms with Crippen LogP contribution in [0.1, 0.15) is 11.7 Å². The molecule has 4 nitrogen and oxygen atoms in total. The molecule has 1 saturated heterocycles. The standard InChI is InChI=1S/C9H9ClN2O2/c10-7-3-1-2-6(4-7)9-11-5-8(13)12(9)14/h1-4,9,11,14H,5H2. The number of rotatable bonds is 1. The summed E-state index contributed by atoms with van der Waals surface area (Å²) in [5.41, 5.74) is 0.769. The summed E-state index contributed by atoms with van der Waals surface area (Å²) in [5.74, 6) is -0.338. The predicted octanol–water partition coefficient (Wildman–Crippen LogP) is 1.16. The molecule has 1 heterocycles. The van der Waals surface area contributed by atoms with Gasteiger partial charge in [0.25, 0.3) is 5.91 Å². The summed E-state index contributed by atoms with van der Waals surface area (Å²) in [4.78, 5) is 11.0. The van der Waals surface area contributed by atoms with Gasteiger partial charge in [-0.3, -0.25) is 15.3 Å². The molecule has 1 atom stereocenters. The zero-order chi connectivity index (χ0) is 10.1. The van der Waals surface area contributed by atoms with Crippen molar-refractivity contribution >= 4 is 17.5 Å². The Bertz CT molecular complexity index is 370. The average molecular weight is 213 g/mol. The molecule has 2 rings (SSSR count). The molecule has 0 spiro atoms. The Kier molecular flexibility index (Phi) is 2.41. The van der Waals surface area contributed by atoms with Gasteiger partial charge in [0.2, 0.25) is 0 Å². The molecule has 2 N–H and O–H groups in total. The first kappa shape index (κ1) is 9.45. The molecule has 5 heteroatoms. The van der Waals surface area contributed by atoms with E-state index in [2.05, 4.69) is 5.32 Å². The Hall–Kier alpha value is -1.10. The fraction of sp³-hybridized carbons (Fsp3) is 0.222. The van der Waals surface area contributed by atoms with E-state index in [0.717, 1.165) is 5.56 Å². The van der Waals surface area contributed by atoms with Crippen LogP contribution in [0.5, 0.6) is 0 Å². The van der Waals surface area contributed by atoms with Crippen molar-refractivity contribution in [3.8, 4) is 0 Å². The first-order chi connectivity index (χ1) is 6.68. The minimum absolute atomic E-state index is 0.147. The Balaban J connectivity index is 2.28. The Morgan fingerprint density at radius 1 is 1.57 bits per heavy atom. The van der Waals surface area contributed by atoms with E-state index in [-0.39, 0.29) is 12.5 Å². The summed E-state index contributed by atoms with van der Waals surface area (Å²) >= 11 is 5.79. The lowest BCUT2D eigenvalue weighted by Crippen LogP contribution is -2.26. The highest BCUT2D eigenvalue weighted by Gasteiger charge is 2.30. The van der Waals surface area contributed by atoms with Gasteiger partial charge in [-0.1, -0.05) is 23.7 Å². The molecule has 14 heavy (non-hydrogen) atoms. The van der Waals surface area contributed by atoms with Crippen molar-refractivity contribution in [2.24, 2.45) is 0 Å². The van der Waals surface area contributed by atoms with Crippen LogP contribution >= 0.6 is 11.6 Å². The van der Waals surface area contributed by atoms with Gasteiger partial charge in [-0.05, 0) is 17.7 Å². The van der Waals surface area contributed by atoms with E-state index in [1.807, 2.05) is 0 Å². The molecule has 1 amide bonds. The smallest absolute Gasteiger partial charge is 0.261 e. The van der Waals surface area contributed by atoms with Crippen molar-refractivity contribution in [3.63, 3.8) is 0 Å². The molecule has 1 unspecified atom stereocenters. The number of hydrogen-bond acceptors (Lipinski definition) is 3. The van der Waals surface area contributed by atoms with Gasteiger partial charge in [-0.15, -0.1) is 0 Å². The molecule has 1 aliphatic rings. The second-order valence-electron chi connectivity index (χ2n) is 3.08. The van der Waals surface area contributed by atoms with Crippen molar-refractivity contribution in [2.45, 2.75) is 6.17 Å². The summed E-state index contributed by atoms with van der Waals surface area (Å²) in [5, 5.41) is 13.5. The van der Waals surface area contributed by atoms with Gasteiger partial charge in [-0.2, -0.15) is 0 Å². The third kappa shape index (κ3) is 1.59. The number of carbonyl (C=O) groups is 1. The second kappa shape index (κ2) is 3.57. The molecule has 0 saturated carbocycles. The summed E-state index contributed by atoms with van der Waals surface area (Å²) in [6.07, 6.45) is -0.485. The molecular weight excluding hydrogens is 204 g/mol.